The third kappa shape index (κ3) is 2.89. The zero-order chi connectivity index (χ0) is 14.0. The zero-order valence-electron chi connectivity index (χ0n) is 12.1. The molecule has 1 aromatic carbocycles. The largest absolute Gasteiger partial charge is 0.496 e. The molecule has 2 rings (SSSR count). The summed E-state index contributed by atoms with van der Waals surface area (Å²) in [5, 5.41) is 3.13. The minimum Gasteiger partial charge on any atom is -0.496 e. The van der Waals surface area contributed by atoms with E-state index in [1.807, 2.05) is 14.0 Å². The predicted octanol–water partition coefficient (Wildman–Crippen LogP) is 1.49. The maximum atomic E-state index is 12.1. The van der Waals surface area contributed by atoms with Crippen molar-refractivity contribution in [3.8, 4) is 5.75 Å². The first-order valence-corrected chi connectivity index (χ1v) is 6.62. The maximum absolute atomic E-state index is 12.1. The van der Waals surface area contributed by atoms with Gasteiger partial charge in [-0.3, -0.25) is 4.79 Å². The SMILES string of the molecule is COc1c(C)cc(C)cc1CN(C)C(=O)C1CNC1. The molecule has 1 heterocycles. The molecule has 0 radical (unpaired) electrons. The van der Waals surface area contributed by atoms with Gasteiger partial charge in [-0.25, -0.2) is 0 Å². The molecule has 1 fully saturated rings. The first-order valence-electron chi connectivity index (χ1n) is 6.62. The average molecular weight is 262 g/mol. The van der Waals surface area contributed by atoms with Crippen molar-refractivity contribution in [3.63, 3.8) is 0 Å². The highest BCUT2D eigenvalue weighted by Crippen LogP contribution is 2.26. The van der Waals surface area contributed by atoms with Gasteiger partial charge in [-0.05, 0) is 19.4 Å². The van der Waals surface area contributed by atoms with E-state index in [1.165, 1.54) is 5.56 Å². The number of nitrogens with zero attached hydrogens (tertiary/aromatic N) is 1. The first kappa shape index (κ1) is 13.9. The summed E-state index contributed by atoms with van der Waals surface area (Å²) in [4.78, 5) is 13.9. The van der Waals surface area contributed by atoms with Crippen molar-refractivity contribution in [2.24, 2.45) is 5.92 Å². The fraction of sp³-hybridized carbons (Fsp3) is 0.533. The van der Waals surface area contributed by atoms with Crippen LogP contribution in [0.4, 0.5) is 0 Å². The van der Waals surface area contributed by atoms with Gasteiger partial charge in [0.05, 0.1) is 13.0 Å². The normalized spacial score (nSPS) is 14.9. The Balaban J connectivity index is 2.15. The number of aryl methyl sites for hydroxylation is 2. The van der Waals surface area contributed by atoms with Gasteiger partial charge in [-0.2, -0.15) is 0 Å². The minimum atomic E-state index is 0.141. The molecule has 0 spiro atoms. The van der Waals surface area contributed by atoms with Crippen LogP contribution in [0.25, 0.3) is 0 Å². The molecule has 0 aromatic heterocycles. The number of amides is 1. The monoisotopic (exact) mass is 262 g/mol. The minimum absolute atomic E-state index is 0.141. The molecule has 0 saturated carbocycles. The number of hydrogen-bond donors (Lipinski definition) is 1. The molecule has 0 aliphatic carbocycles. The quantitative estimate of drug-likeness (QED) is 0.894. The lowest BCUT2D eigenvalue weighted by Crippen LogP contribution is -2.51. The number of carbonyl (C=O) groups is 1. The van der Waals surface area contributed by atoms with Gasteiger partial charge in [-0.1, -0.05) is 17.7 Å². The van der Waals surface area contributed by atoms with Gasteiger partial charge in [-0.15, -0.1) is 0 Å². The van der Waals surface area contributed by atoms with Crippen molar-refractivity contribution in [2.45, 2.75) is 20.4 Å². The molecule has 1 aliphatic rings. The Labute approximate surface area is 114 Å². The van der Waals surface area contributed by atoms with E-state index in [4.69, 9.17) is 4.74 Å². The van der Waals surface area contributed by atoms with Gasteiger partial charge in [0.15, 0.2) is 0 Å². The molecule has 1 N–H and O–H groups in total. The smallest absolute Gasteiger partial charge is 0.228 e. The van der Waals surface area contributed by atoms with Crippen LogP contribution in [0.5, 0.6) is 5.75 Å². The van der Waals surface area contributed by atoms with Crippen LogP contribution >= 0.6 is 0 Å². The molecular formula is C15H22N2O2. The van der Waals surface area contributed by atoms with Crippen molar-refractivity contribution in [1.82, 2.24) is 10.2 Å². The van der Waals surface area contributed by atoms with Crippen LogP contribution in [0.2, 0.25) is 0 Å². The summed E-state index contributed by atoms with van der Waals surface area (Å²) in [5.41, 5.74) is 3.38. The van der Waals surface area contributed by atoms with E-state index >= 15 is 0 Å². The van der Waals surface area contributed by atoms with Gasteiger partial charge < -0.3 is 15.0 Å². The highest BCUT2D eigenvalue weighted by Gasteiger charge is 2.27. The second-order valence-electron chi connectivity index (χ2n) is 5.32. The molecule has 1 saturated heterocycles. The van der Waals surface area contributed by atoms with Gasteiger partial charge >= 0.3 is 0 Å². The van der Waals surface area contributed by atoms with Crippen LogP contribution in [0.3, 0.4) is 0 Å². The van der Waals surface area contributed by atoms with Crippen LogP contribution in [0.1, 0.15) is 16.7 Å². The first-order chi connectivity index (χ1) is 9.02. The Morgan fingerprint density at radius 3 is 2.63 bits per heavy atom. The van der Waals surface area contributed by atoms with Crippen LogP contribution in [0, 0.1) is 19.8 Å². The number of nitrogens with one attached hydrogen (secondary N) is 1. The molecular weight excluding hydrogens is 240 g/mol. The number of ether oxygens (including phenoxy) is 1. The van der Waals surface area contributed by atoms with Gasteiger partial charge in [0.2, 0.25) is 5.91 Å². The van der Waals surface area contributed by atoms with Crippen molar-refractivity contribution in [2.75, 3.05) is 27.2 Å². The van der Waals surface area contributed by atoms with Crippen molar-refractivity contribution in [3.05, 3.63) is 28.8 Å². The zero-order valence-corrected chi connectivity index (χ0v) is 12.1. The average Bonchev–Trinajstić information content (AvgIpc) is 2.25. The fourth-order valence-electron chi connectivity index (χ4n) is 2.56. The van der Waals surface area contributed by atoms with E-state index in [0.717, 1.165) is 30.0 Å². The maximum Gasteiger partial charge on any atom is 0.228 e. The summed E-state index contributed by atoms with van der Waals surface area (Å²) in [6.07, 6.45) is 0. The number of benzene rings is 1. The number of methoxy groups -OCH3 is 1. The number of carbonyl (C=O) groups excluding carboxylic acids is 1. The molecule has 4 nitrogen and oxygen atoms in total. The Bertz CT molecular complexity index is 481. The molecule has 1 aliphatic heterocycles. The molecule has 1 amide bonds. The summed E-state index contributed by atoms with van der Waals surface area (Å²) in [6.45, 7) is 6.29. The van der Waals surface area contributed by atoms with Crippen LogP contribution in [0.15, 0.2) is 12.1 Å². The second-order valence-corrected chi connectivity index (χ2v) is 5.32. The molecule has 19 heavy (non-hydrogen) atoms. The van der Waals surface area contributed by atoms with Crippen molar-refractivity contribution < 1.29 is 9.53 Å². The van der Waals surface area contributed by atoms with E-state index in [2.05, 4.69) is 24.4 Å². The highest BCUT2D eigenvalue weighted by molar-refractivity contribution is 5.80. The summed E-state index contributed by atoms with van der Waals surface area (Å²) in [5.74, 6) is 1.24. The third-order valence-corrected chi connectivity index (χ3v) is 3.61. The molecule has 0 atom stereocenters. The van der Waals surface area contributed by atoms with Gasteiger partial charge in [0, 0.05) is 32.2 Å². The number of hydrogen-bond acceptors (Lipinski definition) is 3. The van der Waals surface area contributed by atoms with E-state index in [0.29, 0.717) is 6.54 Å². The summed E-state index contributed by atoms with van der Waals surface area (Å²) in [6, 6.07) is 4.19. The second kappa shape index (κ2) is 5.61. The van der Waals surface area contributed by atoms with E-state index < -0.39 is 0 Å². The summed E-state index contributed by atoms with van der Waals surface area (Å²) < 4.78 is 5.46. The van der Waals surface area contributed by atoms with Crippen LogP contribution in [-0.2, 0) is 11.3 Å². The van der Waals surface area contributed by atoms with Gasteiger partial charge in [0.25, 0.3) is 0 Å². The van der Waals surface area contributed by atoms with Crippen molar-refractivity contribution in [1.29, 1.82) is 0 Å². The Hall–Kier alpha value is -1.55. The van der Waals surface area contributed by atoms with E-state index in [9.17, 15) is 4.79 Å². The molecule has 1 aromatic rings. The Kier molecular flexibility index (Phi) is 4.10. The molecule has 0 bridgehead atoms. The summed E-state index contributed by atoms with van der Waals surface area (Å²) >= 11 is 0. The fourth-order valence-corrected chi connectivity index (χ4v) is 2.56. The lowest BCUT2D eigenvalue weighted by Gasteiger charge is -2.30. The third-order valence-electron chi connectivity index (χ3n) is 3.61. The lowest BCUT2D eigenvalue weighted by molar-refractivity contribution is -0.136. The predicted molar refractivity (Wildman–Crippen MR) is 75.3 cm³/mol. The lowest BCUT2D eigenvalue weighted by atomic mass is 10.0. The summed E-state index contributed by atoms with van der Waals surface area (Å²) in [7, 11) is 3.54. The van der Waals surface area contributed by atoms with Crippen LogP contribution < -0.4 is 10.1 Å². The van der Waals surface area contributed by atoms with E-state index in [-0.39, 0.29) is 11.8 Å². The Morgan fingerprint density at radius 1 is 1.42 bits per heavy atom. The highest BCUT2D eigenvalue weighted by atomic mass is 16.5. The van der Waals surface area contributed by atoms with Gasteiger partial charge in [0.1, 0.15) is 5.75 Å². The Morgan fingerprint density at radius 2 is 2.11 bits per heavy atom. The topological polar surface area (TPSA) is 41.6 Å². The van der Waals surface area contributed by atoms with Crippen molar-refractivity contribution >= 4 is 5.91 Å². The molecule has 4 heteroatoms. The number of rotatable bonds is 4. The standard InChI is InChI=1S/C15H22N2O2/c1-10-5-11(2)14(19-4)12(6-10)9-17(3)15(18)13-7-16-8-13/h5-6,13,16H,7-9H2,1-4H3. The molecule has 0 unspecified atom stereocenters. The van der Waals surface area contributed by atoms with Crippen LogP contribution in [-0.4, -0.2) is 38.1 Å². The molecule has 104 valence electrons. The van der Waals surface area contributed by atoms with E-state index in [1.54, 1.807) is 12.0 Å².